The van der Waals surface area contributed by atoms with Crippen molar-refractivity contribution in [3.63, 3.8) is 0 Å². The molecular formula is C13H11N3O2. The number of rotatable bonds is 2. The van der Waals surface area contributed by atoms with Gasteiger partial charge < -0.3 is 14.7 Å². The maximum atomic E-state index is 10.9. The van der Waals surface area contributed by atoms with E-state index in [1.807, 2.05) is 30.3 Å². The normalized spacial score (nSPS) is 10.9. The van der Waals surface area contributed by atoms with Gasteiger partial charge in [-0.25, -0.2) is 9.78 Å². The number of imidazole rings is 1. The highest BCUT2D eigenvalue weighted by Gasteiger charge is 2.14. The van der Waals surface area contributed by atoms with Crippen LogP contribution in [0.4, 0.5) is 0 Å². The average molecular weight is 241 g/mol. The van der Waals surface area contributed by atoms with Gasteiger partial charge in [-0.3, -0.25) is 0 Å². The van der Waals surface area contributed by atoms with E-state index in [9.17, 15) is 4.79 Å². The number of para-hydroxylation sites is 1. The Morgan fingerprint density at radius 3 is 2.83 bits per heavy atom. The highest BCUT2D eigenvalue weighted by molar-refractivity contribution is 5.87. The van der Waals surface area contributed by atoms with Crippen molar-refractivity contribution in [1.82, 2.24) is 14.5 Å². The van der Waals surface area contributed by atoms with Crippen molar-refractivity contribution in [3.05, 3.63) is 42.4 Å². The van der Waals surface area contributed by atoms with Gasteiger partial charge in [-0.2, -0.15) is 0 Å². The van der Waals surface area contributed by atoms with Crippen LogP contribution >= 0.6 is 0 Å². The molecule has 0 aliphatic heterocycles. The summed E-state index contributed by atoms with van der Waals surface area (Å²) >= 11 is 0. The second-order valence-corrected chi connectivity index (χ2v) is 4.14. The first-order valence-electron chi connectivity index (χ1n) is 5.50. The Balaban J connectivity index is 2.14. The minimum atomic E-state index is -1.03. The summed E-state index contributed by atoms with van der Waals surface area (Å²) in [5, 5.41) is 10.1. The zero-order chi connectivity index (χ0) is 12.7. The number of carboxylic acids is 1. The van der Waals surface area contributed by atoms with Crippen LogP contribution < -0.4 is 0 Å². The van der Waals surface area contributed by atoms with E-state index < -0.39 is 5.97 Å². The van der Waals surface area contributed by atoms with E-state index in [1.165, 1.54) is 4.57 Å². The molecule has 0 radical (unpaired) electrons. The van der Waals surface area contributed by atoms with Crippen molar-refractivity contribution in [1.29, 1.82) is 0 Å². The number of nitrogens with one attached hydrogen (secondary N) is 1. The molecule has 0 amide bonds. The standard InChI is InChI=1S/C13H11N3O2/c1-16-7-11(15-12(16)13(17)18)10-6-8-4-2-3-5-9(8)14-10/h2-7,14H,1H3,(H,17,18). The molecule has 0 fully saturated rings. The van der Waals surface area contributed by atoms with E-state index in [4.69, 9.17) is 5.11 Å². The van der Waals surface area contributed by atoms with E-state index >= 15 is 0 Å². The third-order valence-electron chi connectivity index (χ3n) is 2.87. The van der Waals surface area contributed by atoms with Crippen LogP contribution in [0.25, 0.3) is 22.3 Å². The lowest BCUT2D eigenvalue weighted by Gasteiger charge is -1.90. The number of hydrogen-bond donors (Lipinski definition) is 2. The van der Waals surface area contributed by atoms with Gasteiger partial charge in [0.15, 0.2) is 0 Å². The molecule has 18 heavy (non-hydrogen) atoms. The summed E-state index contributed by atoms with van der Waals surface area (Å²) in [6, 6.07) is 9.84. The largest absolute Gasteiger partial charge is 0.475 e. The SMILES string of the molecule is Cn1cc(-c2cc3ccccc3[nH]2)nc1C(=O)O. The zero-order valence-electron chi connectivity index (χ0n) is 9.71. The van der Waals surface area contributed by atoms with Crippen LogP contribution in [0.1, 0.15) is 10.6 Å². The summed E-state index contributed by atoms with van der Waals surface area (Å²) in [6.45, 7) is 0. The predicted molar refractivity (Wildman–Crippen MR) is 67.5 cm³/mol. The predicted octanol–water partition coefficient (Wildman–Crippen LogP) is 2.27. The van der Waals surface area contributed by atoms with Crippen LogP contribution in [0.3, 0.4) is 0 Å². The second kappa shape index (κ2) is 3.73. The number of carboxylic acid groups (broad SMARTS) is 1. The average Bonchev–Trinajstić information content (AvgIpc) is 2.91. The van der Waals surface area contributed by atoms with Gasteiger partial charge in [-0.05, 0) is 12.1 Å². The highest BCUT2D eigenvalue weighted by Crippen LogP contribution is 2.23. The van der Waals surface area contributed by atoms with Gasteiger partial charge >= 0.3 is 5.97 Å². The summed E-state index contributed by atoms with van der Waals surface area (Å²) in [5.74, 6) is -0.997. The number of aromatic nitrogens is 3. The van der Waals surface area contributed by atoms with Gasteiger partial charge in [-0.15, -0.1) is 0 Å². The van der Waals surface area contributed by atoms with Gasteiger partial charge in [-0.1, -0.05) is 18.2 Å². The molecule has 2 heterocycles. The summed E-state index contributed by atoms with van der Waals surface area (Å²) in [7, 11) is 1.67. The van der Waals surface area contributed by atoms with Crippen LogP contribution in [0.15, 0.2) is 36.5 Å². The molecule has 0 spiro atoms. The Hall–Kier alpha value is -2.56. The van der Waals surface area contributed by atoms with Crippen LogP contribution in [0.2, 0.25) is 0 Å². The number of H-pyrrole nitrogens is 1. The fourth-order valence-corrected chi connectivity index (χ4v) is 2.01. The van der Waals surface area contributed by atoms with E-state index in [-0.39, 0.29) is 5.82 Å². The Bertz CT molecular complexity index is 707. The molecule has 0 saturated carbocycles. The fraction of sp³-hybridized carbons (Fsp3) is 0.0769. The molecule has 90 valence electrons. The lowest BCUT2D eigenvalue weighted by atomic mass is 10.2. The van der Waals surface area contributed by atoms with Gasteiger partial charge in [0.1, 0.15) is 5.69 Å². The molecule has 1 aromatic carbocycles. The third-order valence-corrected chi connectivity index (χ3v) is 2.87. The van der Waals surface area contributed by atoms with Gasteiger partial charge in [0.25, 0.3) is 0 Å². The lowest BCUT2D eigenvalue weighted by molar-refractivity contribution is 0.0680. The number of hydrogen-bond acceptors (Lipinski definition) is 2. The molecule has 0 unspecified atom stereocenters. The molecule has 0 aliphatic carbocycles. The number of aromatic carboxylic acids is 1. The van der Waals surface area contributed by atoms with Gasteiger partial charge in [0.2, 0.25) is 5.82 Å². The monoisotopic (exact) mass is 241 g/mol. The van der Waals surface area contributed by atoms with E-state index in [0.717, 1.165) is 16.6 Å². The van der Waals surface area contributed by atoms with Crippen LogP contribution in [-0.2, 0) is 7.05 Å². The van der Waals surface area contributed by atoms with Crippen LogP contribution in [-0.4, -0.2) is 25.6 Å². The molecule has 0 bridgehead atoms. The number of nitrogens with zero attached hydrogens (tertiary/aromatic N) is 2. The molecule has 0 saturated heterocycles. The Morgan fingerprint density at radius 1 is 1.39 bits per heavy atom. The maximum Gasteiger partial charge on any atom is 0.372 e. The Morgan fingerprint density at radius 2 is 2.17 bits per heavy atom. The highest BCUT2D eigenvalue weighted by atomic mass is 16.4. The van der Waals surface area contributed by atoms with Crippen LogP contribution in [0, 0.1) is 0 Å². The van der Waals surface area contributed by atoms with Crippen LogP contribution in [0.5, 0.6) is 0 Å². The quantitative estimate of drug-likeness (QED) is 0.723. The number of carbonyl (C=O) groups is 1. The molecule has 2 aromatic heterocycles. The van der Waals surface area contributed by atoms with Crippen molar-refractivity contribution < 1.29 is 9.90 Å². The smallest absolute Gasteiger partial charge is 0.372 e. The van der Waals surface area contributed by atoms with Gasteiger partial charge in [0, 0.05) is 24.1 Å². The van der Waals surface area contributed by atoms with Gasteiger partial charge in [0.05, 0.1) is 5.69 Å². The van der Waals surface area contributed by atoms with Crippen molar-refractivity contribution in [3.8, 4) is 11.4 Å². The minimum Gasteiger partial charge on any atom is -0.475 e. The van der Waals surface area contributed by atoms with Crippen molar-refractivity contribution in [2.45, 2.75) is 0 Å². The molecule has 0 aliphatic rings. The number of aryl methyl sites for hydroxylation is 1. The molecule has 0 atom stereocenters. The molecule has 5 heteroatoms. The Labute approximate surface area is 103 Å². The molecular weight excluding hydrogens is 230 g/mol. The molecule has 5 nitrogen and oxygen atoms in total. The zero-order valence-corrected chi connectivity index (χ0v) is 9.71. The van der Waals surface area contributed by atoms with Crippen molar-refractivity contribution in [2.75, 3.05) is 0 Å². The third kappa shape index (κ3) is 1.57. The first-order valence-corrected chi connectivity index (χ1v) is 5.50. The molecule has 3 aromatic rings. The number of benzene rings is 1. The Kier molecular flexibility index (Phi) is 2.19. The summed E-state index contributed by atoms with van der Waals surface area (Å²) in [5.41, 5.74) is 2.46. The first kappa shape index (κ1) is 10.6. The topological polar surface area (TPSA) is 70.9 Å². The minimum absolute atomic E-state index is 0.0312. The second-order valence-electron chi connectivity index (χ2n) is 4.14. The van der Waals surface area contributed by atoms with E-state index in [1.54, 1.807) is 13.2 Å². The van der Waals surface area contributed by atoms with Crippen molar-refractivity contribution >= 4 is 16.9 Å². The first-order chi connectivity index (χ1) is 8.65. The number of fused-ring (bicyclic) bond motifs is 1. The lowest BCUT2D eigenvalue weighted by Crippen LogP contribution is -2.04. The summed E-state index contributed by atoms with van der Waals surface area (Å²) in [6.07, 6.45) is 1.70. The van der Waals surface area contributed by atoms with E-state index in [2.05, 4.69) is 9.97 Å². The van der Waals surface area contributed by atoms with Crippen molar-refractivity contribution in [2.24, 2.45) is 7.05 Å². The fourth-order valence-electron chi connectivity index (χ4n) is 2.01. The summed E-state index contributed by atoms with van der Waals surface area (Å²) < 4.78 is 1.50. The van der Waals surface area contributed by atoms with E-state index in [0.29, 0.717) is 5.69 Å². The summed E-state index contributed by atoms with van der Waals surface area (Å²) in [4.78, 5) is 18.3. The molecule has 2 N–H and O–H groups in total. The maximum absolute atomic E-state index is 10.9. The number of aromatic amines is 1. The molecule has 3 rings (SSSR count).